The van der Waals surface area contributed by atoms with E-state index in [-0.39, 0.29) is 5.78 Å². The van der Waals surface area contributed by atoms with E-state index in [2.05, 4.69) is 0 Å². The van der Waals surface area contributed by atoms with Crippen molar-refractivity contribution in [2.24, 2.45) is 0 Å². The average Bonchev–Trinajstić information content (AvgIpc) is 2.47. The van der Waals surface area contributed by atoms with Gasteiger partial charge in [-0.25, -0.2) is 0 Å². The molecule has 21 heavy (non-hydrogen) atoms. The topological polar surface area (TPSA) is 29.5 Å². The van der Waals surface area contributed by atoms with Crippen LogP contribution in [-0.2, 0) is 6.42 Å². The van der Waals surface area contributed by atoms with Crippen molar-refractivity contribution in [1.82, 2.24) is 0 Å². The second-order valence-electron chi connectivity index (χ2n) is 5.36. The number of carbonyl (C=O) groups is 1. The summed E-state index contributed by atoms with van der Waals surface area (Å²) in [6.45, 7) is 2.01. The fourth-order valence-corrected chi connectivity index (χ4v) is 2.28. The van der Waals surface area contributed by atoms with Gasteiger partial charge in [-0.3, -0.25) is 4.79 Å². The number of rotatable bonds is 5. The first kappa shape index (κ1) is 15.1. The molecule has 2 aromatic rings. The van der Waals surface area contributed by atoms with Gasteiger partial charge in [-0.15, -0.1) is 0 Å². The van der Waals surface area contributed by atoms with Crippen molar-refractivity contribution in [2.75, 3.05) is 26.1 Å². The molecular weight excluding hydrogens is 262 g/mol. The molecule has 0 spiro atoms. The molecule has 2 rings (SSSR count). The van der Waals surface area contributed by atoms with Gasteiger partial charge in [0.1, 0.15) is 5.75 Å². The Kier molecular flexibility index (Phi) is 4.63. The normalized spacial score (nSPS) is 10.3. The summed E-state index contributed by atoms with van der Waals surface area (Å²) in [5.74, 6) is 0.861. The van der Waals surface area contributed by atoms with E-state index < -0.39 is 0 Å². The number of aryl methyl sites for hydroxylation is 1. The summed E-state index contributed by atoms with van der Waals surface area (Å²) in [7, 11) is 5.56. The summed E-state index contributed by atoms with van der Waals surface area (Å²) in [5, 5.41) is 0. The molecule has 0 saturated heterocycles. The Morgan fingerprint density at radius 3 is 2.57 bits per heavy atom. The molecule has 0 N–H and O–H groups in total. The van der Waals surface area contributed by atoms with Gasteiger partial charge in [0.2, 0.25) is 0 Å². The van der Waals surface area contributed by atoms with Gasteiger partial charge in [0.05, 0.1) is 7.11 Å². The van der Waals surface area contributed by atoms with Crippen LogP contribution < -0.4 is 9.64 Å². The highest BCUT2D eigenvalue weighted by molar-refractivity contribution is 5.98. The molecule has 0 unspecified atom stereocenters. The molecule has 0 atom stereocenters. The molecule has 0 aliphatic carbocycles. The SMILES string of the molecule is COc1ccc(C)cc1CC(=O)c1cccc(N(C)C)c1. The van der Waals surface area contributed by atoms with E-state index in [0.717, 1.165) is 28.1 Å². The van der Waals surface area contributed by atoms with Crippen LogP contribution >= 0.6 is 0 Å². The number of carbonyl (C=O) groups excluding carboxylic acids is 1. The quantitative estimate of drug-likeness (QED) is 0.787. The summed E-state index contributed by atoms with van der Waals surface area (Å²) in [6.07, 6.45) is 0.349. The molecule has 0 bridgehead atoms. The number of benzene rings is 2. The first-order valence-corrected chi connectivity index (χ1v) is 6.95. The largest absolute Gasteiger partial charge is 0.496 e. The van der Waals surface area contributed by atoms with E-state index in [1.54, 1.807) is 7.11 Å². The van der Waals surface area contributed by atoms with Crippen LogP contribution in [0.2, 0.25) is 0 Å². The predicted octanol–water partition coefficient (Wildman–Crippen LogP) is 3.50. The van der Waals surface area contributed by atoms with Crippen molar-refractivity contribution in [3.05, 3.63) is 59.2 Å². The lowest BCUT2D eigenvalue weighted by atomic mass is 10.0. The third kappa shape index (κ3) is 3.63. The van der Waals surface area contributed by atoms with Gasteiger partial charge in [0.25, 0.3) is 0 Å². The Balaban J connectivity index is 2.26. The number of ether oxygens (including phenoxy) is 1. The average molecular weight is 283 g/mol. The van der Waals surface area contributed by atoms with E-state index >= 15 is 0 Å². The minimum atomic E-state index is 0.0996. The predicted molar refractivity (Wildman–Crippen MR) is 86.5 cm³/mol. The zero-order valence-corrected chi connectivity index (χ0v) is 13.0. The summed E-state index contributed by atoms with van der Waals surface area (Å²) in [6, 6.07) is 13.6. The second kappa shape index (κ2) is 6.44. The highest BCUT2D eigenvalue weighted by Crippen LogP contribution is 2.22. The van der Waals surface area contributed by atoms with E-state index in [1.165, 1.54) is 0 Å². The van der Waals surface area contributed by atoms with E-state index in [0.29, 0.717) is 6.42 Å². The molecule has 0 aromatic heterocycles. The molecule has 3 nitrogen and oxygen atoms in total. The number of hydrogen-bond acceptors (Lipinski definition) is 3. The highest BCUT2D eigenvalue weighted by atomic mass is 16.5. The van der Waals surface area contributed by atoms with Crippen molar-refractivity contribution >= 4 is 11.5 Å². The highest BCUT2D eigenvalue weighted by Gasteiger charge is 2.12. The molecular formula is C18H21NO2. The number of methoxy groups -OCH3 is 1. The van der Waals surface area contributed by atoms with Gasteiger partial charge in [-0.2, -0.15) is 0 Å². The van der Waals surface area contributed by atoms with Crippen molar-refractivity contribution in [1.29, 1.82) is 0 Å². The molecule has 2 aromatic carbocycles. The zero-order chi connectivity index (χ0) is 15.4. The Morgan fingerprint density at radius 1 is 1.14 bits per heavy atom. The maximum Gasteiger partial charge on any atom is 0.167 e. The van der Waals surface area contributed by atoms with Crippen LogP contribution in [0.1, 0.15) is 21.5 Å². The molecule has 3 heteroatoms. The zero-order valence-electron chi connectivity index (χ0n) is 13.0. The molecule has 0 radical (unpaired) electrons. The standard InChI is InChI=1S/C18H21NO2/c1-13-8-9-18(21-4)15(10-13)12-17(20)14-6-5-7-16(11-14)19(2)3/h5-11H,12H2,1-4H3. The molecule has 0 amide bonds. The number of anilines is 1. The van der Waals surface area contributed by atoms with E-state index in [9.17, 15) is 4.79 Å². The number of ketones is 1. The lowest BCUT2D eigenvalue weighted by molar-refractivity contribution is 0.0992. The maximum atomic E-state index is 12.5. The van der Waals surface area contributed by atoms with Crippen molar-refractivity contribution < 1.29 is 9.53 Å². The second-order valence-corrected chi connectivity index (χ2v) is 5.36. The van der Waals surface area contributed by atoms with Crippen molar-refractivity contribution in [2.45, 2.75) is 13.3 Å². The minimum Gasteiger partial charge on any atom is -0.496 e. The van der Waals surface area contributed by atoms with Crippen LogP contribution in [0.4, 0.5) is 5.69 Å². The Hall–Kier alpha value is -2.29. The third-order valence-corrected chi connectivity index (χ3v) is 3.47. The van der Waals surface area contributed by atoms with E-state index in [4.69, 9.17) is 4.74 Å². The van der Waals surface area contributed by atoms with Crippen LogP contribution in [0.15, 0.2) is 42.5 Å². The fourth-order valence-electron chi connectivity index (χ4n) is 2.28. The van der Waals surface area contributed by atoms with Crippen LogP contribution in [0.25, 0.3) is 0 Å². The number of nitrogens with zero attached hydrogens (tertiary/aromatic N) is 1. The minimum absolute atomic E-state index is 0.0996. The Morgan fingerprint density at radius 2 is 1.90 bits per heavy atom. The first-order chi connectivity index (χ1) is 10.0. The molecule has 0 aliphatic rings. The van der Waals surface area contributed by atoms with Gasteiger partial charge in [0, 0.05) is 37.3 Å². The Labute approximate surface area is 126 Å². The molecule has 0 fully saturated rings. The first-order valence-electron chi connectivity index (χ1n) is 6.95. The van der Waals surface area contributed by atoms with Gasteiger partial charge in [-0.05, 0) is 25.1 Å². The van der Waals surface area contributed by atoms with Crippen molar-refractivity contribution in [3.63, 3.8) is 0 Å². The smallest absolute Gasteiger partial charge is 0.167 e. The molecule has 110 valence electrons. The van der Waals surface area contributed by atoms with Crippen LogP contribution in [0.5, 0.6) is 5.75 Å². The third-order valence-electron chi connectivity index (χ3n) is 3.47. The van der Waals surface area contributed by atoms with Gasteiger partial charge < -0.3 is 9.64 Å². The van der Waals surface area contributed by atoms with Crippen LogP contribution in [0.3, 0.4) is 0 Å². The molecule has 0 heterocycles. The molecule has 0 aliphatic heterocycles. The fraction of sp³-hybridized carbons (Fsp3) is 0.278. The number of hydrogen-bond donors (Lipinski definition) is 0. The summed E-state index contributed by atoms with van der Waals surface area (Å²) in [5.41, 5.74) is 3.81. The summed E-state index contributed by atoms with van der Waals surface area (Å²) in [4.78, 5) is 14.5. The van der Waals surface area contributed by atoms with Crippen LogP contribution in [0, 0.1) is 6.92 Å². The van der Waals surface area contributed by atoms with E-state index in [1.807, 2.05) is 68.4 Å². The van der Waals surface area contributed by atoms with Gasteiger partial charge in [-0.1, -0.05) is 29.8 Å². The summed E-state index contributed by atoms with van der Waals surface area (Å²) < 4.78 is 5.34. The van der Waals surface area contributed by atoms with Crippen LogP contribution in [-0.4, -0.2) is 27.0 Å². The van der Waals surface area contributed by atoms with Crippen molar-refractivity contribution in [3.8, 4) is 5.75 Å². The Bertz CT molecular complexity index is 647. The lowest BCUT2D eigenvalue weighted by Gasteiger charge is -2.13. The lowest BCUT2D eigenvalue weighted by Crippen LogP contribution is -2.10. The number of Topliss-reactive ketones (excluding diaryl/α,β-unsaturated/α-hetero) is 1. The van der Waals surface area contributed by atoms with Gasteiger partial charge in [0.15, 0.2) is 5.78 Å². The maximum absolute atomic E-state index is 12.5. The summed E-state index contributed by atoms with van der Waals surface area (Å²) >= 11 is 0. The monoisotopic (exact) mass is 283 g/mol. The molecule has 0 saturated carbocycles. The van der Waals surface area contributed by atoms with Gasteiger partial charge >= 0.3 is 0 Å².